The molecule has 1 saturated heterocycles. The smallest absolute Gasteiger partial charge is 0.0447 e. The Morgan fingerprint density at radius 3 is 2.56 bits per heavy atom. The highest BCUT2D eigenvalue weighted by Gasteiger charge is 2.43. The molecule has 0 spiro atoms. The van der Waals surface area contributed by atoms with Crippen LogP contribution in [-0.2, 0) is 0 Å². The van der Waals surface area contributed by atoms with Crippen molar-refractivity contribution < 1.29 is 0 Å². The summed E-state index contributed by atoms with van der Waals surface area (Å²) in [6, 6.07) is 0.796. The zero-order valence-corrected chi connectivity index (χ0v) is 11.6. The van der Waals surface area contributed by atoms with E-state index < -0.39 is 0 Å². The van der Waals surface area contributed by atoms with Gasteiger partial charge in [0.05, 0.1) is 0 Å². The van der Waals surface area contributed by atoms with Crippen LogP contribution in [0, 0.1) is 0 Å². The number of nitrogens with zero attached hydrogens (tertiary/aromatic N) is 1. The fourth-order valence-electron chi connectivity index (χ4n) is 3.53. The largest absolute Gasteiger partial charge is 0.329 e. The second kappa shape index (κ2) is 5.28. The molecule has 2 aliphatic rings. The monoisotopic (exact) mass is 242 g/mol. The van der Waals surface area contributed by atoms with Crippen LogP contribution in [0.25, 0.3) is 0 Å². The lowest BCUT2D eigenvalue weighted by molar-refractivity contribution is 0.0683. The average molecular weight is 242 g/mol. The summed E-state index contributed by atoms with van der Waals surface area (Å²) in [7, 11) is 2.32. The Morgan fingerprint density at radius 2 is 2.00 bits per heavy atom. The normalized spacial score (nSPS) is 37.1. The summed E-state index contributed by atoms with van der Waals surface area (Å²) < 4.78 is 0. The van der Waals surface area contributed by atoms with E-state index in [1.807, 2.05) is 0 Å². The lowest BCUT2D eigenvalue weighted by Crippen LogP contribution is -2.61. The van der Waals surface area contributed by atoms with Crippen LogP contribution in [0.3, 0.4) is 0 Å². The maximum Gasteiger partial charge on any atom is 0.0447 e. The third kappa shape index (κ3) is 2.14. The highest BCUT2D eigenvalue weighted by atomic mass is 32.2. The van der Waals surface area contributed by atoms with Crippen LogP contribution in [0.15, 0.2) is 0 Å². The minimum Gasteiger partial charge on any atom is -0.329 e. The molecule has 2 unspecified atom stereocenters. The summed E-state index contributed by atoms with van der Waals surface area (Å²) in [5, 5.41) is 0.692. The van der Waals surface area contributed by atoms with Gasteiger partial charge in [-0.25, -0.2) is 0 Å². The van der Waals surface area contributed by atoms with Crippen LogP contribution in [0.5, 0.6) is 0 Å². The quantitative estimate of drug-likeness (QED) is 0.824. The van der Waals surface area contributed by atoms with Crippen molar-refractivity contribution >= 4 is 11.8 Å². The van der Waals surface area contributed by atoms with Gasteiger partial charge in [-0.1, -0.05) is 19.8 Å². The third-order valence-corrected chi connectivity index (χ3v) is 6.27. The number of rotatable bonds is 3. The summed E-state index contributed by atoms with van der Waals surface area (Å²) in [5.74, 6) is 1.32. The highest BCUT2D eigenvalue weighted by Crippen LogP contribution is 2.40. The summed E-state index contributed by atoms with van der Waals surface area (Å²) in [4.78, 5) is 2.65. The average Bonchev–Trinajstić information content (AvgIpc) is 2.82. The first-order valence-electron chi connectivity index (χ1n) is 6.75. The standard InChI is InChI=1S/C13H26N2S/c1-11-13(10-14,8-5-9-16-11)15(2)12-6-3-4-7-12/h11-12H,3-10,14H2,1-2H3. The molecule has 2 atom stereocenters. The Labute approximate surface area is 104 Å². The van der Waals surface area contributed by atoms with Gasteiger partial charge in [0.2, 0.25) is 0 Å². The van der Waals surface area contributed by atoms with Gasteiger partial charge in [-0.2, -0.15) is 11.8 Å². The van der Waals surface area contributed by atoms with Crippen molar-refractivity contribution in [1.29, 1.82) is 0 Å². The van der Waals surface area contributed by atoms with Gasteiger partial charge in [-0.3, -0.25) is 4.90 Å². The van der Waals surface area contributed by atoms with E-state index >= 15 is 0 Å². The van der Waals surface area contributed by atoms with Crippen LogP contribution in [0.2, 0.25) is 0 Å². The van der Waals surface area contributed by atoms with Crippen molar-refractivity contribution in [1.82, 2.24) is 4.90 Å². The van der Waals surface area contributed by atoms with Crippen LogP contribution in [0.4, 0.5) is 0 Å². The van der Waals surface area contributed by atoms with E-state index in [1.54, 1.807) is 0 Å². The van der Waals surface area contributed by atoms with E-state index in [2.05, 4.69) is 30.6 Å². The molecule has 94 valence electrons. The van der Waals surface area contributed by atoms with E-state index in [0.717, 1.165) is 12.6 Å². The molecule has 2 nitrogen and oxygen atoms in total. The molecule has 3 heteroatoms. The number of thioether (sulfide) groups is 1. The molecule has 0 aromatic rings. The lowest BCUT2D eigenvalue weighted by atomic mass is 9.86. The first-order chi connectivity index (χ1) is 7.70. The molecule has 1 heterocycles. The van der Waals surface area contributed by atoms with Crippen molar-refractivity contribution in [2.75, 3.05) is 19.3 Å². The molecule has 1 saturated carbocycles. The van der Waals surface area contributed by atoms with E-state index in [9.17, 15) is 0 Å². The van der Waals surface area contributed by atoms with Gasteiger partial charge < -0.3 is 5.73 Å². The van der Waals surface area contributed by atoms with Crippen LogP contribution in [-0.4, -0.2) is 41.1 Å². The Bertz CT molecular complexity index is 228. The molecule has 0 bridgehead atoms. The molecule has 1 aliphatic heterocycles. The van der Waals surface area contributed by atoms with E-state index in [0.29, 0.717) is 5.25 Å². The summed E-state index contributed by atoms with van der Waals surface area (Å²) in [6.45, 7) is 3.20. The second-order valence-electron chi connectivity index (χ2n) is 5.47. The predicted molar refractivity (Wildman–Crippen MR) is 73.0 cm³/mol. The Balaban J connectivity index is 2.11. The van der Waals surface area contributed by atoms with Gasteiger partial charge in [0, 0.05) is 23.4 Å². The first kappa shape index (κ1) is 12.7. The van der Waals surface area contributed by atoms with Gasteiger partial charge in [0.1, 0.15) is 0 Å². The van der Waals surface area contributed by atoms with Crippen LogP contribution in [0.1, 0.15) is 45.4 Å². The molecule has 0 radical (unpaired) electrons. The van der Waals surface area contributed by atoms with Crippen molar-refractivity contribution in [2.24, 2.45) is 5.73 Å². The Kier molecular flexibility index (Phi) is 4.20. The zero-order chi connectivity index (χ0) is 11.6. The second-order valence-corrected chi connectivity index (χ2v) is 6.92. The molecule has 2 fully saturated rings. The SMILES string of the molecule is CC1SCCCC1(CN)N(C)C1CCCC1. The van der Waals surface area contributed by atoms with Crippen molar-refractivity contribution in [3.63, 3.8) is 0 Å². The molecule has 0 aromatic carbocycles. The van der Waals surface area contributed by atoms with Gasteiger partial charge in [0.15, 0.2) is 0 Å². The van der Waals surface area contributed by atoms with E-state index in [1.165, 1.54) is 44.3 Å². The van der Waals surface area contributed by atoms with Crippen molar-refractivity contribution in [3.8, 4) is 0 Å². The zero-order valence-electron chi connectivity index (χ0n) is 10.7. The molecular weight excluding hydrogens is 216 g/mol. The van der Waals surface area contributed by atoms with Gasteiger partial charge >= 0.3 is 0 Å². The number of likely N-dealkylation sites (N-methyl/N-ethyl adjacent to an activating group) is 1. The van der Waals surface area contributed by atoms with Gasteiger partial charge in [0.25, 0.3) is 0 Å². The first-order valence-corrected chi connectivity index (χ1v) is 7.80. The fourth-order valence-corrected chi connectivity index (χ4v) is 4.88. The molecule has 0 amide bonds. The molecular formula is C13H26N2S. The summed E-state index contributed by atoms with van der Waals surface area (Å²) in [5.41, 5.74) is 6.42. The van der Waals surface area contributed by atoms with Gasteiger partial charge in [-0.05, 0) is 38.5 Å². The lowest BCUT2D eigenvalue weighted by Gasteiger charge is -2.50. The third-order valence-electron chi connectivity index (χ3n) is 4.81. The molecule has 2 N–H and O–H groups in total. The maximum atomic E-state index is 6.14. The van der Waals surface area contributed by atoms with Crippen LogP contribution >= 0.6 is 11.8 Å². The summed E-state index contributed by atoms with van der Waals surface area (Å²) >= 11 is 2.12. The van der Waals surface area contributed by atoms with Crippen LogP contribution < -0.4 is 5.73 Å². The number of hydrogen-bond donors (Lipinski definition) is 1. The number of hydrogen-bond acceptors (Lipinski definition) is 3. The Morgan fingerprint density at radius 1 is 1.31 bits per heavy atom. The molecule has 2 rings (SSSR count). The number of nitrogens with two attached hydrogens (primary N) is 1. The highest BCUT2D eigenvalue weighted by molar-refractivity contribution is 8.00. The van der Waals surface area contributed by atoms with Gasteiger partial charge in [-0.15, -0.1) is 0 Å². The fraction of sp³-hybridized carbons (Fsp3) is 1.00. The minimum absolute atomic E-state index is 0.276. The molecule has 1 aliphatic carbocycles. The van der Waals surface area contributed by atoms with Crippen molar-refractivity contribution in [3.05, 3.63) is 0 Å². The Hall–Kier alpha value is 0.270. The minimum atomic E-state index is 0.276. The molecule has 0 aromatic heterocycles. The van der Waals surface area contributed by atoms with E-state index in [4.69, 9.17) is 5.73 Å². The molecule has 16 heavy (non-hydrogen) atoms. The topological polar surface area (TPSA) is 29.3 Å². The van der Waals surface area contributed by atoms with Crippen molar-refractivity contribution in [2.45, 2.75) is 62.3 Å². The summed E-state index contributed by atoms with van der Waals surface area (Å²) in [6.07, 6.45) is 8.23. The maximum absolute atomic E-state index is 6.14. The predicted octanol–water partition coefficient (Wildman–Crippen LogP) is 2.47. The van der Waals surface area contributed by atoms with E-state index in [-0.39, 0.29) is 5.54 Å².